The highest BCUT2D eigenvalue weighted by Gasteiger charge is 2.15. The molecule has 4 aromatic rings. The first-order valence-electron chi connectivity index (χ1n) is 7.24. The number of rotatable bonds is 3. The standard InChI is InChI=1S/C17H14N4O2/c1-10-6-7-15(22-10)14-8-12(17-20-16(9-18)21-23-17)11-4-2-3-5-13(11)19-14/h2-8H,9,18H2,1H3. The van der Waals surface area contributed by atoms with Gasteiger partial charge in [-0.05, 0) is 31.2 Å². The van der Waals surface area contributed by atoms with Crippen LogP contribution >= 0.6 is 0 Å². The first kappa shape index (κ1) is 13.7. The average molecular weight is 306 g/mol. The van der Waals surface area contributed by atoms with E-state index in [1.54, 1.807) is 0 Å². The molecule has 0 saturated carbocycles. The predicted molar refractivity (Wildman–Crippen MR) is 85.4 cm³/mol. The summed E-state index contributed by atoms with van der Waals surface area (Å²) in [7, 11) is 0. The number of fused-ring (bicyclic) bond motifs is 1. The number of nitrogens with zero attached hydrogens (tertiary/aromatic N) is 3. The Morgan fingerprint density at radius 1 is 1.09 bits per heavy atom. The van der Waals surface area contributed by atoms with Crippen molar-refractivity contribution in [1.82, 2.24) is 15.1 Å². The normalized spacial score (nSPS) is 11.2. The summed E-state index contributed by atoms with van der Waals surface area (Å²) in [6.07, 6.45) is 0. The Morgan fingerprint density at radius 2 is 1.96 bits per heavy atom. The van der Waals surface area contributed by atoms with Gasteiger partial charge in [0.2, 0.25) is 0 Å². The number of nitrogens with two attached hydrogens (primary N) is 1. The van der Waals surface area contributed by atoms with Gasteiger partial charge >= 0.3 is 0 Å². The Morgan fingerprint density at radius 3 is 2.70 bits per heavy atom. The summed E-state index contributed by atoms with van der Waals surface area (Å²) in [6, 6.07) is 13.5. The van der Waals surface area contributed by atoms with Crippen molar-refractivity contribution < 1.29 is 8.94 Å². The molecule has 23 heavy (non-hydrogen) atoms. The van der Waals surface area contributed by atoms with Gasteiger partial charge in [0.1, 0.15) is 11.5 Å². The molecule has 3 heterocycles. The van der Waals surface area contributed by atoms with Gasteiger partial charge in [-0.15, -0.1) is 0 Å². The van der Waals surface area contributed by atoms with E-state index in [1.807, 2.05) is 49.4 Å². The maximum atomic E-state index is 5.69. The lowest BCUT2D eigenvalue weighted by atomic mass is 10.1. The van der Waals surface area contributed by atoms with Crippen LogP contribution in [0.15, 0.2) is 51.4 Å². The maximum absolute atomic E-state index is 5.69. The molecule has 3 aromatic heterocycles. The van der Waals surface area contributed by atoms with Crippen LogP contribution in [-0.4, -0.2) is 15.1 Å². The lowest BCUT2D eigenvalue weighted by molar-refractivity contribution is 0.423. The SMILES string of the molecule is Cc1ccc(-c2cc(-c3nc(CN)no3)c3ccccc3n2)o1. The van der Waals surface area contributed by atoms with Crippen LogP contribution < -0.4 is 5.73 Å². The Labute approximate surface area is 131 Å². The third kappa shape index (κ3) is 2.39. The molecule has 0 unspecified atom stereocenters. The van der Waals surface area contributed by atoms with Crippen molar-refractivity contribution in [1.29, 1.82) is 0 Å². The van der Waals surface area contributed by atoms with Gasteiger partial charge in [-0.25, -0.2) is 4.98 Å². The molecule has 0 spiro atoms. The van der Waals surface area contributed by atoms with Crippen LogP contribution in [0.5, 0.6) is 0 Å². The summed E-state index contributed by atoms with van der Waals surface area (Å²) in [5.74, 6) is 2.43. The van der Waals surface area contributed by atoms with Gasteiger partial charge in [0.15, 0.2) is 11.6 Å². The smallest absolute Gasteiger partial charge is 0.258 e. The molecule has 0 radical (unpaired) electrons. The van der Waals surface area contributed by atoms with E-state index in [0.29, 0.717) is 17.5 Å². The van der Waals surface area contributed by atoms with Gasteiger partial charge < -0.3 is 14.7 Å². The predicted octanol–water partition coefficient (Wildman–Crippen LogP) is 3.31. The Bertz CT molecular complexity index is 987. The van der Waals surface area contributed by atoms with E-state index in [0.717, 1.165) is 27.9 Å². The largest absolute Gasteiger partial charge is 0.460 e. The van der Waals surface area contributed by atoms with Crippen molar-refractivity contribution in [2.24, 2.45) is 5.73 Å². The summed E-state index contributed by atoms with van der Waals surface area (Å²) in [6.45, 7) is 2.13. The molecule has 0 atom stereocenters. The highest BCUT2D eigenvalue weighted by Crippen LogP contribution is 2.31. The molecule has 114 valence electrons. The van der Waals surface area contributed by atoms with Crippen molar-refractivity contribution in [3.8, 4) is 22.9 Å². The van der Waals surface area contributed by atoms with E-state index in [-0.39, 0.29) is 6.54 Å². The second-order valence-electron chi connectivity index (χ2n) is 5.20. The van der Waals surface area contributed by atoms with Crippen molar-refractivity contribution in [3.05, 3.63) is 54.0 Å². The zero-order valence-electron chi connectivity index (χ0n) is 12.5. The van der Waals surface area contributed by atoms with Crippen LogP contribution in [0.4, 0.5) is 0 Å². The molecule has 2 N–H and O–H groups in total. The van der Waals surface area contributed by atoms with Crippen LogP contribution in [0.25, 0.3) is 33.8 Å². The zero-order valence-corrected chi connectivity index (χ0v) is 12.5. The minimum atomic E-state index is 0.233. The number of pyridine rings is 1. The Balaban J connectivity index is 1.97. The third-order valence-electron chi connectivity index (χ3n) is 3.59. The van der Waals surface area contributed by atoms with Crippen LogP contribution in [-0.2, 0) is 6.54 Å². The van der Waals surface area contributed by atoms with Crippen LogP contribution in [0.1, 0.15) is 11.6 Å². The van der Waals surface area contributed by atoms with Gasteiger partial charge in [0.05, 0.1) is 17.6 Å². The number of para-hydroxylation sites is 1. The molecule has 4 rings (SSSR count). The van der Waals surface area contributed by atoms with E-state index >= 15 is 0 Å². The molecule has 0 bridgehead atoms. The van der Waals surface area contributed by atoms with Crippen molar-refractivity contribution in [2.75, 3.05) is 0 Å². The van der Waals surface area contributed by atoms with Gasteiger partial charge in [-0.3, -0.25) is 0 Å². The first-order chi connectivity index (χ1) is 11.2. The quantitative estimate of drug-likeness (QED) is 0.624. The van der Waals surface area contributed by atoms with Gasteiger partial charge in [-0.2, -0.15) is 4.98 Å². The molecule has 1 aromatic carbocycles. The Kier molecular flexibility index (Phi) is 3.17. The maximum Gasteiger partial charge on any atom is 0.258 e. The molecular formula is C17H14N4O2. The lowest BCUT2D eigenvalue weighted by Crippen LogP contribution is -1.98. The Hall–Kier alpha value is -2.99. The number of benzene rings is 1. The number of hydrogen-bond acceptors (Lipinski definition) is 6. The zero-order chi connectivity index (χ0) is 15.8. The minimum absolute atomic E-state index is 0.233. The van der Waals surface area contributed by atoms with Crippen molar-refractivity contribution in [3.63, 3.8) is 0 Å². The molecule has 0 aliphatic carbocycles. The second-order valence-corrected chi connectivity index (χ2v) is 5.20. The van der Waals surface area contributed by atoms with Crippen molar-refractivity contribution in [2.45, 2.75) is 13.5 Å². The van der Waals surface area contributed by atoms with Crippen molar-refractivity contribution >= 4 is 10.9 Å². The van der Waals surface area contributed by atoms with E-state index in [2.05, 4.69) is 15.1 Å². The summed E-state index contributed by atoms with van der Waals surface area (Å²) in [5.41, 5.74) is 7.93. The van der Waals surface area contributed by atoms with Crippen LogP contribution in [0.3, 0.4) is 0 Å². The number of aryl methyl sites for hydroxylation is 1. The van der Waals surface area contributed by atoms with E-state index in [4.69, 9.17) is 14.7 Å². The van der Waals surface area contributed by atoms with E-state index in [1.165, 1.54) is 0 Å². The monoisotopic (exact) mass is 306 g/mol. The topological polar surface area (TPSA) is 91.0 Å². The fraction of sp³-hybridized carbons (Fsp3) is 0.118. The highest BCUT2D eigenvalue weighted by molar-refractivity contribution is 5.94. The molecule has 6 heteroatoms. The number of hydrogen-bond donors (Lipinski definition) is 1. The molecule has 0 aliphatic rings. The average Bonchev–Trinajstić information content (AvgIpc) is 3.22. The van der Waals surface area contributed by atoms with E-state index < -0.39 is 0 Å². The summed E-state index contributed by atoms with van der Waals surface area (Å²) >= 11 is 0. The number of aromatic nitrogens is 3. The first-order valence-corrected chi connectivity index (χ1v) is 7.24. The van der Waals surface area contributed by atoms with Crippen LogP contribution in [0, 0.1) is 6.92 Å². The molecule has 0 fully saturated rings. The fourth-order valence-electron chi connectivity index (χ4n) is 2.50. The minimum Gasteiger partial charge on any atom is -0.460 e. The summed E-state index contributed by atoms with van der Waals surface area (Å²) in [4.78, 5) is 8.99. The number of furan rings is 1. The molecule has 0 amide bonds. The molecule has 0 aliphatic heterocycles. The molecular weight excluding hydrogens is 292 g/mol. The second kappa shape index (κ2) is 5.33. The molecule has 6 nitrogen and oxygen atoms in total. The van der Waals surface area contributed by atoms with E-state index in [9.17, 15) is 0 Å². The van der Waals surface area contributed by atoms with Crippen LogP contribution in [0.2, 0.25) is 0 Å². The fourth-order valence-corrected chi connectivity index (χ4v) is 2.50. The molecule has 0 saturated heterocycles. The summed E-state index contributed by atoms with van der Waals surface area (Å²) < 4.78 is 11.0. The van der Waals surface area contributed by atoms with Gasteiger partial charge in [0.25, 0.3) is 5.89 Å². The highest BCUT2D eigenvalue weighted by atomic mass is 16.5. The third-order valence-corrected chi connectivity index (χ3v) is 3.59. The van der Waals surface area contributed by atoms with Gasteiger partial charge in [-0.1, -0.05) is 23.4 Å². The summed E-state index contributed by atoms with van der Waals surface area (Å²) in [5, 5.41) is 4.81. The van der Waals surface area contributed by atoms with Gasteiger partial charge in [0, 0.05) is 5.39 Å². The lowest BCUT2D eigenvalue weighted by Gasteiger charge is -2.05.